The lowest BCUT2D eigenvalue weighted by molar-refractivity contribution is -0.122. The predicted octanol–water partition coefficient (Wildman–Crippen LogP) is 1.02. The molecule has 2 unspecified atom stereocenters. The third-order valence-electron chi connectivity index (χ3n) is 5.09. The van der Waals surface area contributed by atoms with Crippen LogP contribution in [0, 0.1) is 5.82 Å². The number of amides is 2. The number of rotatable bonds is 6. The summed E-state index contributed by atoms with van der Waals surface area (Å²) in [6, 6.07) is 7.74. The van der Waals surface area contributed by atoms with E-state index in [1.165, 1.54) is 30.3 Å². The highest BCUT2D eigenvalue weighted by molar-refractivity contribution is 8.15. The van der Waals surface area contributed by atoms with Gasteiger partial charge < -0.3 is 26.0 Å². The standard InChI is InChI=1S/C22H18FN5O7S/c23-10-3-1-2-4-11(10)24-15(31)8-14-18(32)28-22(36-14)25-17(9-5-6-12(29)13(30)7-9)16-19(33)26-21(35)27-20(16)34/h1-7,14,17,29-30H,8H2,(H,24,31)(H,25,28,32)(H3,26,27,33,34,35). The fourth-order valence-electron chi connectivity index (χ4n) is 3.40. The Morgan fingerprint density at radius 3 is 2.53 bits per heavy atom. The van der Waals surface area contributed by atoms with Gasteiger partial charge in [0.1, 0.15) is 22.7 Å². The molecule has 0 saturated carbocycles. The number of anilines is 1. The number of carbonyl (C=O) groups excluding carboxylic acids is 2. The number of carbonyl (C=O) groups is 2. The van der Waals surface area contributed by atoms with Crippen LogP contribution in [-0.2, 0) is 9.59 Å². The van der Waals surface area contributed by atoms with Crippen molar-refractivity contribution in [1.29, 1.82) is 0 Å². The molecule has 0 aliphatic carbocycles. The summed E-state index contributed by atoms with van der Waals surface area (Å²) in [6.07, 6.45) is -0.320. The van der Waals surface area contributed by atoms with Crippen molar-refractivity contribution in [3.63, 3.8) is 0 Å². The Bertz CT molecular complexity index is 1500. The largest absolute Gasteiger partial charge is 0.504 e. The highest BCUT2D eigenvalue weighted by Crippen LogP contribution is 2.35. The number of nitrogens with zero attached hydrogens (tertiary/aromatic N) is 1. The molecule has 2 aromatic carbocycles. The van der Waals surface area contributed by atoms with Gasteiger partial charge in [0.25, 0.3) is 5.56 Å². The summed E-state index contributed by atoms with van der Waals surface area (Å²) in [5.41, 5.74) is -2.26. The van der Waals surface area contributed by atoms with E-state index in [9.17, 15) is 38.9 Å². The Morgan fingerprint density at radius 1 is 1.08 bits per heavy atom. The molecule has 4 rings (SSSR count). The number of hydrogen-bond donors (Lipinski definition) is 7. The Morgan fingerprint density at radius 2 is 1.83 bits per heavy atom. The van der Waals surface area contributed by atoms with Crippen LogP contribution in [0.5, 0.6) is 17.4 Å². The number of nitrogens with one attached hydrogen (secondary N) is 4. The van der Waals surface area contributed by atoms with Gasteiger partial charge in [-0.3, -0.25) is 24.4 Å². The average Bonchev–Trinajstić information content (AvgIpc) is 3.14. The van der Waals surface area contributed by atoms with Gasteiger partial charge in [-0.15, -0.1) is 0 Å². The zero-order valence-corrected chi connectivity index (χ0v) is 18.9. The summed E-state index contributed by atoms with van der Waals surface area (Å²) in [4.78, 5) is 57.1. The molecule has 2 heterocycles. The van der Waals surface area contributed by atoms with Gasteiger partial charge in [0.2, 0.25) is 17.7 Å². The third-order valence-corrected chi connectivity index (χ3v) is 6.18. The van der Waals surface area contributed by atoms with E-state index in [1.54, 1.807) is 0 Å². The smallest absolute Gasteiger partial charge is 0.328 e. The first kappa shape index (κ1) is 24.5. The first-order valence-electron chi connectivity index (χ1n) is 10.3. The zero-order valence-electron chi connectivity index (χ0n) is 18.1. The SMILES string of the molecule is O=C(CC1SC(=NC(c2ccc(O)c(O)c2)c2c(O)[nH]c(=O)[nH]c2=O)NC1=O)Nc1ccccc1F. The van der Waals surface area contributed by atoms with Gasteiger partial charge in [-0.05, 0) is 29.8 Å². The molecule has 14 heteroatoms. The monoisotopic (exact) mass is 515 g/mol. The van der Waals surface area contributed by atoms with E-state index in [4.69, 9.17) is 0 Å². The molecule has 1 aliphatic rings. The van der Waals surface area contributed by atoms with Crippen LogP contribution in [0.25, 0.3) is 0 Å². The summed E-state index contributed by atoms with van der Waals surface area (Å²) >= 11 is 0.859. The van der Waals surface area contributed by atoms with Crippen LogP contribution >= 0.6 is 11.8 Å². The molecular formula is C22H18FN5O7S. The molecule has 1 saturated heterocycles. The number of hydrogen-bond acceptors (Lipinski definition) is 9. The molecule has 0 radical (unpaired) electrons. The van der Waals surface area contributed by atoms with Crippen LogP contribution < -0.4 is 21.9 Å². The minimum Gasteiger partial charge on any atom is -0.504 e. The number of halogens is 1. The number of H-pyrrole nitrogens is 2. The van der Waals surface area contributed by atoms with Gasteiger partial charge in [0, 0.05) is 6.42 Å². The summed E-state index contributed by atoms with van der Waals surface area (Å²) in [5.74, 6) is -3.61. The second kappa shape index (κ2) is 9.95. The van der Waals surface area contributed by atoms with E-state index < -0.39 is 63.1 Å². The highest BCUT2D eigenvalue weighted by Gasteiger charge is 2.34. The molecule has 1 fully saturated rings. The maximum absolute atomic E-state index is 13.8. The lowest BCUT2D eigenvalue weighted by Crippen LogP contribution is -2.29. The normalized spacial score (nSPS) is 17.1. The number of thioether (sulfide) groups is 1. The number of aromatic hydroxyl groups is 3. The minimum absolute atomic E-state index is 0.0220. The molecule has 7 N–H and O–H groups in total. The van der Waals surface area contributed by atoms with Gasteiger partial charge in [0.15, 0.2) is 16.7 Å². The van der Waals surface area contributed by atoms with Gasteiger partial charge in [-0.25, -0.2) is 14.2 Å². The lowest BCUT2D eigenvalue weighted by atomic mass is 10.0. The van der Waals surface area contributed by atoms with Gasteiger partial charge in [-0.2, -0.15) is 0 Å². The van der Waals surface area contributed by atoms with Crippen molar-refractivity contribution in [3.05, 3.63) is 80.2 Å². The number of para-hydroxylation sites is 1. The number of aliphatic imine (C=N–C) groups is 1. The van der Waals surface area contributed by atoms with Crippen molar-refractivity contribution in [3.8, 4) is 17.4 Å². The predicted molar refractivity (Wildman–Crippen MR) is 128 cm³/mol. The molecule has 0 bridgehead atoms. The molecule has 1 aliphatic heterocycles. The molecule has 2 atom stereocenters. The summed E-state index contributed by atoms with van der Waals surface area (Å²) in [5, 5.41) is 33.7. The molecule has 0 spiro atoms. The molecule has 186 valence electrons. The topological polar surface area (TPSA) is 197 Å². The summed E-state index contributed by atoms with van der Waals surface area (Å²) < 4.78 is 13.8. The number of amidine groups is 1. The molecular weight excluding hydrogens is 497 g/mol. The Hall–Kier alpha value is -4.59. The molecule has 36 heavy (non-hydrogen) atoms. The summed E-state index contributed by atoms with van der Waals surface area (Å²) in [7, 11) is 0. The van der Waals surface area contributed by atoms with Gasteiger partial charge >= 0.3 is 5.69 Å². The number of phenolic OH excluding ortho intramolecular Hbond substituents is 2. The van der Waals surface area contributed by atoms with Crippen molar-refractivity contribution in [2.45, 2.75) is 17.7 Å². The second-order valence-corrected chi connectivity index (χ2v) is 8.77. The van der Waals surface area contributed by atoms with Crippen molar-refractivity contribution in [1.82, 2.24) is 15.3 Å². The fraction of sp³-hybridized carbons (Fsp3) is 0.136. The van der Waals surface area contributed by atoms with E-state index in [2.05, 4.69) is 15.6 Å². The molecule has 3 aromatic rings. The quantitative estimate of drug-likeness (QED) is 0.236. The fourth-order valence-corrected chi connectivity index (χ4v) is 4.40. The highest BCUT2D eigenvalue weighted by atomic mass is 32.2. The van der Waals surface area contributed by atoms with Crippen molar-refractivity contribution < 1.29 is 29.3 Å². The number of phenols is 2. The Kier molecular flexibility index (Phi) is 6.78. The Balaban J connectivity index is 1.62. The maximum Gasteiger partial charge on any atom is 0.328 e. The first-order chi connectivity index (χ1) is 17.1. The van der Waals surface area contributed by atoms with Gasteiger partial charge in [-0.1, -0.05) is 30.0 Å². The minimum atomic E-state index is -1.34. The number of benzene rings is 2. The molecule has 2 amide bonds. The van der Waals surface area contributed by atoms with E-state index >= 15 is 0 Å². The van der Waals surface area contributed by atoms with Gasteiger partial charge in [0.05, 0.1) is 5.69 Å². The number of aromatic nitrogens is 2. The van der Waals surface area contributed by atoms with E-state index in [0.29, 0.717) is 0 Å². The maximum atomic E-state index is 13.8. The first-order valence-corrected chi connectivity index (χ1v) is 11.2. The summed E-state index contributed by atoms with van der Waals surface area (Å²) in [6.45, 7) is 0. The van der Waals surface area contributed by atoms with E-state index in [0.717, 1.165) is 23.9 Å². The average molecular weight is 515 g/mol. The van der Waals surface area contributed by atoms with Crippen LogP contribution in [0.1, 0.15) is 23.6 Å². The van der Waals surface area contributed by atoms with E-state index in [1.807, 2.05) is 9.97 Å². The molecule has 12 nitrogen and oxygen atoms in total. The number of aromatic amines is 2. The lowest BCUT2D eigenvalue weighted by Gasteiger charge is -2.15. The zero-order chi connectivity index (χ0) is 26.0. The molecule has 1 aromatic heterocycles. The van der Waals surface area contributed by atoms with Crippen molar-refractivity contribution in [2.75, 3.05) is 5.32 Å². The second-order valence-electron chi connectivity index (χ2n) is 7.58. The van der Waals surface area contributed by atoms with Crippen LogP contribution in [0.4, 0.5) is 10.1 Å². The van der Waals surface area contributed by atoms with Crippen molar-refractivity contribution >= 4 is 34.4 Å². The van der Waals surface area contributed by atoms with Crippen LogP contribution in [0.15, 0.2) is 57.0 Å². The van der Waals surface area contributed by atoms with Crippen molar-refractivity contribution in [2.24, 2.45) is 4.99 Å². The van der Waals surface area contributed by atoms with E-state index in [-0.39, 0.29) is 22.8 Å². The van der Waals surface area contributed by atoms with Crippen LogP contribution in [0.2, 0.25) is 0 Å². The van der Waals surface area contributed by atoms with Crippen LogP contribution in [-0.4, -0.2) is 47.5 Å². The Labute approximate surface area is 204 Å². The van der Waals surface area contributed by atoms with Crippen LogP contribution in [0.3, 0.4) is 0 Å². The third kappa shape index (κ3) is 5.22.